The second-order valence-corrected chi connectivity index (χ2v) is 5.15. The molecule has 0 fully saturated rings. The molecule has 0 amide bonds. The van der Waals surface area contributed by atoms with Crippen LogP contribution in [-0.2, 0) is 6.42 Å². The first-order chi connectivity index (χ1) is 9.29. The molecule has 0 atom stereocenters. The molecule has 2 rings (SSSR count). The lowest BCUT2D eigenvalue weighted by Gasteiger charge is -2.06. The monoisotopic (exact) mass is 273 g/mol. The van der Waals surface area contributed by atoms with Crippen molar-refractivity contribution in [1.29, 1.82) is 5.26 Å². The van der Waals surface area contributed by atoms with Crippen LogP contribution in [0.15, 0.2) is 45.9 Å². The van der Waals surface area contributed by atoms with Gasteiger partial charge in [-0.2, -0.15) is 5.26 Å². The van der Waals surface area contributed by atoms with Crippen LogP contribution in [0.5, 0.6) is 5.75 Å². The summed E-state index contributed by atoms with van der Waals surface area (Å²) in [7, 11) is 0. The van der Waals surface area contributed by atoms with Gasteiger partial charge in [-0.3, -0.25) is 0 Å². The Labute approximate surface area is 117 Å². The van der Waals surface area contributed by atoms with Gasteiger partial charge in [-0.15, -0.1) is 11.8 Å². The molecule has 0 N–H and O–H groups in total. The van der Waals surface area contributed by atoms with Crippen LogP contribution in [0.1, 0.15) is 11.3 Å². The number of thioether (sulfide) groups is 1. The van der Waals surface area contributed by atoms with Gasteiger partial charge in [0.05, 0.1) is 25.4 Å². The van der Waals surface area contributed by atoms with Crippen molar-refractivity contribution in [2.75, 3.05) is 12.4 Å². The molecule has 3 nitrogen and oxygen atoms in total. The fraction of sp³-hybridized carbons (Fsp3) is 0.267. The Balaban J connectivity index is 1.74. The van der Waals surface area contributed by atoms with E-state index in [2.05, 4.69) is 6.07 Å². The molecule has 0 radical (unpaired) electrons. The van der Waals surface area contributed by atoms with Crippen LogP contribution in [0, 0.1) is 18.3 Å². The maximum atomic E-state index is 8.58. The third-order valence-corrected chi connectivity index (χ3v) is 3.73. The molecule has 0 aliphatic rings. The zero-order valence-electron chi connectivity index (χ0n) is 10.8. The summed E-state index contributed by atoms with van der Waals surface area (Å²) in [5.41, 5.74) is 1.01. The lowest BCUT2D eigenvalue weighted by molar-refractivity contribution is 0.344. The minimum atomic E-state index is 0.440. The number of nitriles is 1. The fourth-order valence-corrected chi connectivity index (χ4v) is 2.42. The van der Waals surface area contributed by atoms with E-state index in [-0.39, 0.29) is 0 Å². The Hall–Kier alpha value is -1.86. The molecule has 0 spiro atoms. The highest BCUT2D eigenvalue weighted by molar-refractivity contribution is 7.99. The van der Waals surface area contributed by atoms with Crippen molar-refractivity contribution in [3.63, 3.8) is 0 Å². The van der Waals surface area contributed by atoms with E-state index < -0.39 is 0 Å². The molecule has 0 saturated heterocycles. The molecule has 19 heavy (non-hydrogen) atoms. The van der Waals surface area contributed by atoms with Crippen LogP contribution in [0.3, 0.4) is 0 Å². The maximum absolute atomic E-state index is 8.58. The van der Waals surface area contributed by atoms with Crippen LogP contribution in [-0.4, -0.2) is 12.4 Å². The third-order valence-electron chi connectivity index (χ3n) is 2.63. The molecular weight excluding hydrogens is 258 g/mol. The zero-order chi connectivity index (χ0) is 13.5. The standard InChI is InChI=1S/C15H15NO2S/c1-12-15(7-9-17-12)19-11-10-18-14-4-2-13(3-5-14)6-8-16/h2-5,7,9H,6,10-11H2,1H3. The molecule has 0 unspecified atom stereocenters. The predicted octanol–water partition coefficient (Wildman–Crippen LogP) is 3.83. The highest BCUT2D eigenvalue weighted by atomic mass is 32.2. The van der Waals surface area contributed by atoms with Crippen molar-refractivity contribution in [3.05, 3.63) is 47.9 Å². The van der Waals surface area contributed by atoms with Crippen molar-refractivity contribution in [3.8, 4) is 11.8 Å². The SMILES string of the molecule is Cc1occc1SCCOc1ccc(CC#N)cc1. The van der Waals surface area contributed by atoms with Gasteiger partial charge in [0.2, 0.25) is 0 Å². The Morgan fingerprint density at radius 1 is 1.26 bits per heavy atom. The molecule has 2 aromatic rings. The average molecular weight is 273 g/mol. The Morgan fingerprint density at radius 2 is 2.05 bits per heavy atom. The summed E-state index contributed by atoms with van der Waals surface area (Å²) in [6.07, 6.45) is 2.14. The molecule has 4 heteroatoms. The third kappa shape index (κ3) is 4.08. The lowest BCUT2D eigenvalue weighted by atomic mass is 10.2. The summed E-state index contributed by atoms with van der Waals surface area (Å²) in [6, 6.07) is 11.7. The summed E-state index contributed by atoms with van der Waals surface area (Å²) in [4.78, 5) is 1.16. The first kappa shape index (κ1) is 13.6. The van der Waals surface area contributed by atoms with Crippen molar-refractivity contribution in [1.82, 2.24) is 0 Å². The molecule has 0 aliphatic heterocycles. The second kappa shape index (κ2) is 6.91. The quantitative estimate of drug-likeness (QED) is 0.593. The molecule has 1 aromatic heterocycles. The van der Waals surface area contributed by atoms with Gasteiger partial charge >= 0.3 is 0 Å². The van der Waals surface area contributed by atoms with E-state index in [0.29, 0.717) is 13.0 Å². The second-order valence-electron chi connectivity index (χ2n) is 4.02. The molecule has 0 aliphatic carbocycles. The van der Waals surface area contributed by atoms with Crippen LogP contribution >= 0.6 is 11.8 Å². The van der Waals surface area contributed by atoms with Gasteiger partial charge in [-0.1, -0.05) is 12.1 Å². The summed E-state index contributed by atoms with van der Waals surface area (Å²) in [5, 5.41) is 8.58. The van der Waals surface area contributed by atoms with Crippen molar-refractivity contribution < 1.29 is 9.15 Å². The van der Waals surface area contributed by atoms with E-state index in [1.54, 1.807) is 18.0 Å². The molecule has 0 saturated carbocycles. The van der Waals surface area contributed by atoms with Crippen LogP contribution < -0.4 is 4.74 Å². The van der Waals surface area contributed by atoms with Crippen LogP contribution in [0.4, 0.5) is 0 Å². The van der Waals surface area contributed by atoms with Gasteiger partial charge in [0.15, 0.2) is 0 Å². The van der Waals surface area contributed by atoms with E-state index in [0.717, 1.165) is 27.7 Å². The molecular formula is C15H15NO2S. The molecule has 0 bridgehead atoms. The van der Waals surface area contributed by atoms with Gasteiger partial charge in [0, 0.05) is 10.6 Å². The summed E-state index contributed by atoms with van der Waals surface area (Å²) >= 11 is 1.72. The Bertz CT molecular complexity index is 554. The van der Waals surface area contributed by atoms with Crippen LogP contribution in [0.2, 0.25) is 0 Å². The lowest BCUT2D eigenvalue weighted by Crippen LogP contribution is -2.00. The minimum absolute atomic E-state index is 0.440. The Morgan fingerprint density at radius 3 is 2.68 bits per heavy atom. The highest BCUT2D eigenvalue weighted by Gasteiger charge is 2.01. The van der Waals surface area contributed by atoms with Crippen molar-refractivity contribution in [2.45, 2.75) is 18.2 Å². The van der Waals surface area contributed by atoms with Crippen molar-refractivity contribution >= 4 is 11.8 Å². The van der Waals surface area contributed by atoms with Gasteiger partial charge in [0.25, 0.3) is 0 Å². The van der Waals surface area contributed by atoms with E-state index in [4.69, 9.17) is 14.4 Å². The van der Waals surface area contributed by atoms with E-state index in [1.165, 1.54) is 0 Å². The van der Waals surface area contributed by atoms with Gasteiger partial charge in [0.1, 0.15) is 11.5 Å². The molecule has 1 aromatic carbocycles. The van der Waals surface area contributed by atoms with E-state index >= 15 is 0 Å². The number of benzene rings is 1. The highest BCUT2D eigenvalue weighted by Crippen LogP contribution is 2.23. The number of ether oxygens (including phenoxy) is 1. The number of hydrogen-bond acceptors (Lipinski definition) is 4. The number of furan rings is 1. The first-order valence-corrected chi connectivity index (χ1v) is 7.04. The molecule has 98 valence electrons. The zero-order valence-corrected chi connectivity index (χ0v) is 11.6. The number of aryl methyl sites for hydroxylation is 1. The normalized spacial score (nSPS) is 10.1. The topological polar surface area (TPSA) is 46.2 Å². The van der Waals surface area contributed by atoms with E-state index in [9.17, 15) is 0 Å². The summed E-state index contributed by atoms with van der Waals surface area (Å²) < 4.78 is 10.9. The molecule has 1 heterocycles. The summed E-state index contributed by atoms with van der Waals surface area (Å²) in [5.74, 6) is 2.66. The maximum Gasteiger partial charge on any atom is 0.119 e. The number of rotatable bonds is 6. The smallest absolute Gasteiger partial charge is 0.119 e. The Kier molecular flexibility index (Phi) is 4.93. The largest absolute Gasteiger partial charge is 0.493 e. The van der Waals surface area contributed by atoms with Gasteiger partial charge in [-0.05, 0) is 30.7 Å². The van der Waals surface area contributed by atoms with Crippen LogP contribution in [0.25, 0.3) is 0 Å². The minimum Gasteiger partial charge on any atom is -0.493 e. The average Bonchev–Trinajstić information content (AvgIpc) is 2.83. The van der Waals surface area contributed by atoms with Crippen molar-refractivity contribution in [2.24, 2.45) is 0 Å². The van der Waals surface area contributed by atoms with Gasteiger partial charge < -0.3 is 9.15 Å². The predicted molar refractivity (Wildman–Crippen MR) is 75.4 cm³/mol. The number of nitrogens with zero attached hydrogens (tertiary/aromatic N) is 1. The summed E-state index contributed by atoms with van der Waals surface area (Å²) in [6.45, 7) is 2.60. The first-order valence-electron chi connectivity index (χ1n) is 6.05. The van der Waals surface area contributed by atoms with Gasteiger partial charge in [-0.25, -0.2) is 0 Å². The number of hydrogen-bond donors (Lipinski definition) is 0. The van der Waals surface area contributed by atoms with E-state index in [1.807, 2.05) is 37.3 Å². The fourth-order valence-electron chi connectivity index (χ4n) is 1.63.